The van der Waals surface area contributed by atoms with Crippen LogP contribution in [0.1, 0.15) is 47.0 Å². The van der Waals surface area contributed by atoms with E-state index in [1.165, 1.54) is 0 Å². The van der Waals surface area contributed by atoms with Crippen LogP contribution in [0, 0.1) is 5.92 Å². The van der Waals surface area contributed by atoms with Crippen LogP contribution in [0.5, 0.6) is 0 Å². The fourth-order valence-corrected chi connectivity index (χ4v) is 3.67. The molecule has 0 spiro atoms. The van der Waals surface area contributed by atoms with Gasteiger partial charge in [-0.1, -0.05) is 12.1 Å². The first kappa shape index (κ1) is 23.2. The van der Waals surface area contributed by atoms with E-state index >= 15 is 0 Å². The maximum atomic E-state index is 12.2. The Labute approximate surface area is 175 Å². The number of ether oxygens (including phenoxy) is 1. The molecule has 0 saturated carbocycles. The molecule has 29 heavy (non-hydrogen) atoms. The van der Waals surface area contributed by atoms with Gasteiger partial charge in [-0.05, 0) is 65.0 Å². The van der Waals surface area contributed by atoms with Crippen LogP contribution in [-0.4, -0.2) is 44.9 Å². The van der Waals surface area contributed by atoms with Crippen LogP contribution >= 0.6 is 0 Å². The van der Waals surface area contributed by atoms with E-state index in [9.17, 15) is 9.00 Å². The summed E-state index contributed by atoms with van der Waals surface area (Å²) < 4.78 is 16.9. The second-order valence-corrected chi connectivity index (χ2v) is 9.32. The SMILES string of the molecule is C/C=C(\N)C(CCC1CCN(C(=O)OC(C)(C)C)C1)Nc1cccc(S(N)=O)n1. The molecule has 5 N–H and O–H groups in total. The average molecular weight is 424 g/mol. The van der Waals surface area contributed by atoms with E-state index < -0.39 is 16.6 Å². The molecule has 0 aliphatic carbocycles. The van der Waals surface area contributed by atoms with Gasteiger partial charge in [-0.3, -0.25) is 0 Å². The first-order chi connectivity index (χ1) is 13.6. The molecule has 1 aromatic heterocycles. The van der Waals surface area contributed by atoms with Gasteiger partial charge in [0.15, 0.2) is 0 Å². The number of hydrogen-bond acceptors (Lipinski definition) is 6. The predicted octanol–water partition coefficient (Wildman–Crippen LogP) is 2.74. The van der Waals surface area contributed by atoms with Crippen molar-refractivity contribution in [1.29, 1.82) is 0 Å². The summed E-state index contributed by atoms with van der Waals surface area (Å²) in [7, 11) is -1.63. The van der Waals surface area contributed by atoms with Gasteiger partial charge in [0.2, 0.25) is 0 Å². The third-order valence-electron chi connectivity index (χ3n) is 4.79. The van der Waals surface area contributed by atoms with Crippen LogP contribution in [0.3, 0.4) is 0 Å². The molecule has 0 bridgehead atoms. The van der Waals surface area contributed by atoms with Gasteiger partial charge in [0, 0.05) is 18.8 Å². The van der Waals surface area contributed by atoms with Crippen molar-refractivity contribution in [1.82, 2.24) is 9.88 Å². The van der Waals surface area contributed by atoms with Gasteiger partial charge in [-0.2, -0.15) is 0 Å². The number of allylic oxidation sites excluding steroid dienone is 1. The van der Waals surface area contributed by atoms with Gasteiger partial charge in [-0.25, -0.2) is 19.1 Å². The van der Waals surface area contributed by atoms with Gasteiger partial charge < -0.3 is 20.7 Å². The number of rotatable bonds is 7. The molecule has 2 rings (SSSR count). The lowest BCUT2D eigenvalue weighted by molar-refractivity contribution is 0.0287. The normalized spacial score (nSPS) is 19.7. The monoisotopic (exact) mass is 423 g/mol. The highest BCUT2D eigenvalue weighted by Crippen LogP contribution is 2.25. The molecule has 9 heteroatoms. The molecule has 1 aliphatic heterocycles. The maximum Gasteiger partial charge on any atom is 0.410 e. The molecule has 162 valence electrons. The minimum atomic E-state index is -1.63. The van der Waals surface area contributed by atoms with Crippen LogP contribution in [-0.2, 0) is 15.7 Å². The van der Waals surface area contributed by atoms with Crippen molar-refractivity contribution in [3.63, 3.8) is 0 Å². The van der Waals surface area contributed by atoms with Gasteiger partial charge in [0.1, 0.15) is 27.4 Å². The van der Waals surface area contributed by atoms with Gasteiger partial charge in [0.05, 0.1) is 6.04 Å². The van der Waals surface area contributed by atoms with E-state index in [0.29, 0.717) is 35.5 Å². The van der Waals surface area contributed by atoms with Crippen molar-refractivity contribution in [2.45, 2.75) is 63.6 Å². The van der Waals surface area contributed by atoms with Crippen LogP contribution in [0.2, 0.25) is 0 Å². The lowest BCUT2D eigenvalue weighted by Crippen LogP contribution is -2.35. The Morgan fingerprint density at radius 2 is 2.21 bits per heavy atom. The number of likely N-dealkylation sites (tertiary alicyclic amines) is 1. The Bertz CT molecular complexity index is 763. The van der Waals surface area contributed by atoms with Gasteiger partial charge >= 0.3 is 6.09 Å². The van der Waals surface area contributed by atoms with Crippen LogP contribution in [0.25, 0.3) is 0 Å². The number of nitrogens with two attached hydrogens (primary N) is 2. The number of pyridine rings is 1. The summed E-state index contributed by atoms with van der Waals surface area (Å²) in [6, 6.07) is 5.07. The summed E-state index contributed by atoms with van der Waals surface area (Å²) in [4.78, 5) is 18.3. The predicted molar refractivity (Wildman–Crippen MR) is 115 cm³/mol. The molecule has 0 radical (unpaired) electrons. The second-order valence-electron chi connectivity index (χ2n) is 8.30. The average Bonchev–Trinajstić information content (AvgIpc) is 3.12. The number of anilines is 1. The van der Waals surface area contributed by atoms with Gasteiger partial charge in [0.25, 0.3) is 0 Å². The highest BCUT2D eigenvalue weighted by Gasteiger charge is 2.30. The standard InChI is InChI=1S/C20H33N5O3S/c1-5-15(21)16(23-17-7-6-8-18(24-17)29(22)27)10-9-14-11-12-25(13-14)19(26)28-20(2,3)4/h5-8,14,16H,9-13,21-22H2,1-4H3,(H,23,24)/b15-5-. The molecular formula is C20H33N5O3S. The van der Waals surface area contributed by atoms with Crippen LogP contribution in [0.4, 0.5) is 10.6 Å². The van der Waals surface area contributed by atoms with E-state index in [1.807, 2.05) is 33.8 Å². The lowest BCUT2D eigenvalue weighted by Gasteiger charge is -2.25. The molecule has 0 aromatic carbocycles. The fraction of sp³-hybridized carbons (Fsp3) is 0.600. The number of amides is 1. The Morgan fingerprint density at radius 3 is 2.83 bits per heavy atom. The van der Waals surface area contributed by atoms with E-state index in [0.717, 1.165) is 19.3 Å². The number of nitrogens with one attached hydrogen (secondary N) is 1. The van der Waals surface area contributed by atoms with Crippen molar-refractivity contribution < 1.29 is 13.7 Å². The molecule has 1 fully saturated rings. The summed E-state index contributed by atoms with van der Waals surface area (Å²) in [6.45, 7) is 8.91. The van der Waals surface area contributed by atoms with E-state index in [4.69, 9.17) is 15.6 Å². The Balaban J connectivity index is 1.94. The van der Waals surface area contributed by atoms with E-state index in [2.05, 4.69) is 10.3 Å². The number of carbonyl (C=O) groups excluding carboxylic acids is 1. The molecule has 1 aliphatic rings. The summed E-state index contributed by atoms with van der Waals surface area (Å²) in [5.74, 6) is 0.977. The number of aromatic nitrogens is 1. The van der Waals surface area contributed by atoms with Crippen LogP contribution < -0.4 is 16.2 Å². The van der Waals surface area contributed by atoms with E-state index in [1.54, 1.807) is 23.1 Å². The largest absolute Gasteiger partial charge is 0.444 e. The third kappa shape index (κ3) is 7.32. The zero-order valence-corrected chi connectivity index (χ0v) is 18.5. The van der Waals surface area contributed by atoms with Crippen molar-refractivity contribution in [2.24, 2.45) is 16.8 Å². The van der Waals surface area contributed by atoms with Crippen molar-refractivity contribution in [2.75, 3.05) is 18.4 Å². The fourth-order valence-electron chi connectivity index (χ4n) is 3.27. The quantitative estimate of drug-likeness (QED) is 0.619. The third-order valence-corrected chi connectivity index (χ3v) is 5.43. The Kier molecular flexibility index (Phi) is 8.04. The minimum Gasteiger partial charge on any atom is -0.444 e. The maximum absolute atomic E-state index is 12.2. The second kappa shape index (κ2) is 10.1. The van der Waals surface area contributed by atoms with Crippen molar-refractivity contribution in [3.05, 3.63) is 30.0 Å². The molecular weight excluding hydrogens is 390 g/mol. The van der Waals surface area contributed by atoms with Crippen molar-refractivity contribution >= 4 is 22.9 Å². The smallest absolute Gasteiger partial charge is 0.410 e. The zero-order chi connectivity index (χ0) is 21.6. The van der Waals surface area contributed by atoms with Gasteiger partial charge in [-0.15, -0.1) is 0 Å². The molecule has 3 atom stereocenters. The number of hydrogen-bond donors (Lipinski definition) is 3. The summed E-state index contributed by atoms with van der Waals surface area (Å²) in [5, 5.41) is 9.05. The molecule has 8 nitrogen and oxygen atoms in total. The molecule has 2 heterocycles. The minimum absolute atomic E-state index is 0.107. The summed E-state index contributed by atoms with van der Waals surface area (Å²) >= 11 is 0. The summed E-state index contributed by atoms with van der Waals surface area (Å²) in [5.41, 5.74) is 6.42. The molecule has 1 aromatic rings. The first-order valence-corrected chi connectivity index (χ1v) is 11.1. The van der Waals surface area contributed by atoms with Crippen LogP contribution in [0.15, 0.2) is 35.0 Å². The van der Waals surface area contributed by atoms with Crippen molar-refractivity contribution in [3.8, 4) is 0 Å². The first-order valence-electron chi connectivity index (χ1n) is 9.88. The highest BCUT2D eigenvalue weighted by molar-refractivity contribution is 7.82. The number of nitrogens with zero attached hydrogens (tertiary/aromatic N) is 2. The Hall–Kier alpha value is -2.13. The lowest BCUT2D eigenvalue weighted by atomic mass is 9.97. The Morgan fingerprint density at radius 1 is 1.48 bits per heavy atom. The topological polar surface area (TPSA) is 124 Å². The number of carbonyl (C=O) groups is 1. The highest BCUT2D eigenvalue weighted by atomic mass is 32.2. The van der Waals surface area contributed by atoms with E-state index in [-0.39, 0.29) is 12.1 Å². The summed E-state index contributed by atoms with van der Waals surface area (Å²) in [6.07, 6.45) is 4.26. The zero-order valence-electron chi connectivity index (χ0n) is 17.7. The molecule has 1 amide bonds. The molecule has 1 saturated heterocycles. The molecule has 3 unspecified atom stereocenters.